The minimum Gasteiger partial charge on any atom is -0.389 e. The standard InChI is InChI=1S/C11H15ClN2O2S2/c1-14(6-7-18(2,15)16)9-5-3-4-8(12)10(9)11(13)17/h3-5H,6-7H2,1-2H3,(H2,13,17). The maximum atomic E-state index is 11.1. The van der Waals surface area contributed by atoms with Gasteiger partial charge in [0, 0.05) is 25.5 Å². The Bertz CT molecular complexity index is 558. The second kappa shape index (κ2) is 5.86. The lowest BCUT2D eigenvalue weighted by atomic mass is 10.1. The summed E-state index contributed by atoms with van der Waals surface area (Å²) in [5.74, 6) is 0.0623. The van der Waals surface area contributed by atoms with Gasteiger partial charge >= 0.3 is 0 Å². The quantitative estimate of drug-likeness (QED) is 0.834. The van der Waals surface area contributed by atoms with E-state index in [1.165, 1.54) is 6.26 Å². The van der Waals surface area contributed by atoms with Crippen LogP contribution in [0.5, 0.6) is 0 Å². The Morgan fingerprint density at radius 2 is 2.11 bits per heavy atom. The van der Waals surface area contributed by atoms with Crippen LogP contribution in [-0.4, -0.2) is 39.0 Å². The number of nitrogens with zero attached hydrogens (tertiary/aromatic N) is 1. The minimum atomic E-state index is -3.01. The molecule has 0 amide bonds. The molecule has 0 unspecified atom stereocenters. The van der Waals surface area contributed by atoms with Crippen LogP contribution in [0, 0.1) is 0 Å². The molecule has 0 saturated heterocycles. The average Bonchev–Trinajstić information content (AvgIpc) is 2.24. The monoisotopic (exact) mass is 306 g/mol. The van der Waals surface area contributed by atoms with Crippen LogP contribution in [0.15, 0.2) is 18.2 Å². The molecule has 0 bridgehead atoms. The van der Waals surface area contributed by atoms with Crippen molar-refractivity contribution in [1.29, 1.82) is 0 Å². The van der Waals surface area contributed by atoms with Crippen molar-refractivity contribution in [2.24, 2.45) is 5.73 Å². The number of sulfone groups is 1. The van der Waals surface area contributed by atoms with E-state index in [1.54, 1.807) is 24.1 Å². The molecule has 1 aromatic rings. The van der Waals surface area contributed by atoms with E-state index in [9.17, 15) is 8.42 Å². The molecule has 18 heavy (non-hydrogen) atoms. The number of hydrogen-bond acceptors (Lipinski definition) is 4. The molecule has 0 aromatic heterocycles. The molecular weight excluding hydrogens is 292 g/mol. The van der Waals surface area contributed by atoms with Gasteiger partial charge in [-0.15, -0.1) is 0 Å². The van der Waals surface area contributed by atoms with Crippen molar-refractivity contribution in [2.45, 2.75) is 0 Å². The first kappa shape index (κ1) is 15.2. The highest BCUT2D eigenvalue weighted by atomic mass is 35.5. The first-order chi connectivity index (χ1) is 8.22. The van der Waals surface area contributed by atoms with E-state index in [-0.39, 0.29) is 10.7 Å². The lowest BCUT2D eigenvalue weighted by Crippen LogP contribution is -2.27. The lowest BCUT2D eigenvalue weighted by molar-refractivity contribution is 0.601. The summed E-state index contributed by atoms with van der Waals surface area (Å²) in [6.45, 7) is 0.356. The molecule has 0 saturated carbocycles. The molecule has 2 N–H and O–H groups in total. The number of hydrogen-bond donors (Lipinski definition) is 1. The van der Waals surface area contributed by atoms with Gasteiger partial charge in [0.05, 0.1) is 16.3 Å². The van der Waals surface area contributed by atoms with E-state index in [0.717, 1.165) is 5.69 Å². The number of anilines is 1. The molecule has 0 aliphatic carbocycles. The predicted octanol–water partition coefficient (Wildman–Crippen LogP) is 1.46. The van der Waals surface area contributed by atoms with E-state index in [2.05, 4.69) is 0 Å². The zero-order valence-corrected chi connectivity index (χ0v) is 12.6. The lowest BCUT2D eigenvalue weighted by Gasteiger charge is -2.22. The van der Waals surface area contributed by atoms with Crippen LogP contribution in [-0.2, 0) is 9.84 Å². The van der Waals surface area contributed by atoms with Gasteiger partial charge in [0.25, 0.3) is 0 Å². The minimum absolute atomic E-state index is 0.0623. The van der Waals surface area contributed by atoms with Crippen LogP contribution in [0.25, 0.3) is 0 Å². The van der Waals surface area contributed by atoms with Crippen molar-refractivity contribution in [1.82, 2.24) is 0 Å². The zero-order valence-electron chi connectivity index (χ0n) is 10.2. The molecule has 4 nitrogen and oxygen atoms in total. The molecule has 100 valence electrons. The fraction of sp³-hybridized carbons (Fsp3) is 0.364. The second-order valence-electron chi connectivity index (χ2n) is 4.05. The third-order valence-electron chi connectivity index (χ3n) is 2.45. The molecule has 0 spiro atoms. The van der Waals surface area contributed by atoms with E-state index in [0.29, 0.717) is 17.1 Å². The van der Waals surface area contributed by atoms with Crippen LogP contribution in [0.3, 0.4) is 0 Å². The molecule has 0 radical (unpaired) electrons. The zero-order chi connectivity index (χ0) is 13.9. The van der Waals surface area contributed by atoms with Gasteiger partial charge in [-0.05, 0) is 12.1 Å². The summed E-state index contributed by atoms with van der Waals surface area (Å²) in [6, 6.07) is 5.28. The summed E-state index contributed by atoms with van der Waals surface area (Å²) < 4.78 is 22.3. The summed E-state index contributed by atoms with van der Waals surface area (Å²) in [5.41, 5.74) is 6.95. The Morgan fingerprint density at radius 1 is 1.50 bits per heavy atom. The molecular formula is C11H15ClN2O2S2. The summed E-state index contributed by atoms with van der Waals surface area (Å²) in [7, 11) is -1.23. The molecule has 0 fully saturated rings. The Balaban J connectivity index is 3.02. The van der Waals surface area contributed by atoms with Crippen molar-refractivity contribution >= 4 is 44.3 Å². The molecule has 7 heteroatoms. The fourth-order valence-corrected chi connectivity index (χ4v) is 2.65. The van der Waals surface area contributed by atoms with Crippen molar-refractivity contribution in [3.8, 4) is 0 Å². The predicted molar refractivity (Wildman–Crippen MR) is 80.3 cm³/mol. The van der Waals surface area contributed by atoms with Gasteiger partial charge in [0.1, 0.15) is 14.8 Å². The van der Waals surface area contributed by atoms with Crippen LogP contribution in [0.4, 0.5) is 5.69 Å². The van der Waals surface area contributed by atoms with Crippen molar-refractivity contribution < 1.29 is 8.42 Å². The Hall–Kier alpha value is -0.850. The van der Waals surface area contributed by atoms with E-state index < -0.39 is 9.84 Å². The second-order valence-corrected chi connectivity index (χ2v) is 7.16. The third-order valence-corrected chi connectivity index (χ3v) is 3.89. The van der Waals surface area contributed by atoms with Crippen LogP contribution < -0.4 is 10.6 Å². The first-order valence-corrected chi connectivity index (χ1v) is 8.04. The molecule has 0 aliphatic rings. The van der Waals surface area contributed by atoms with Gasteiger partial charge in [-0.1, -0.05) is 29.9 Å². The highest BCUT2D eigenvalue weighted by molar-refractivity contribution is 7.90. The van der Waals surface area contributed by atoms with Gasteiger partial charge in [-0.25, -0.2) is 8.42 Å². The van der Waals surface area contributed by atoms with E-state index in [1.807, 2.05) is 6.07 Å². The number of thiocarbonyl (C=S) groups is 1. The average molecular weight is 307 g/mol. The number of nitrogens with two attached hydrogens (primary N) is 1. The highest BCUT2D eigenvalue weighted by Crippen LogP contribution is 2.26. The van der Waals surface area contributed by atoms with Crippen molar-refractivity contribution in [3.05, 3.63) is 28.8 Å². The van der Waals surface area contributed by atoms with Crippen LogP contribution >= 0.6 is 23.8 Å². The normalized spacial score (nSPS) is 11.3. The summed E-state index contributed by atoms with van der Waals surface area (Å²) >= 11 is 11.0. The Labute approximate surface area is 118 Å². The van der Waals surface area contributed by atoms with Gasteiger partial charge in [-0.2, -0.15) is 0 Å². The van der Waals surface area contributed by atoms with Crippen molar-refractivity contribution in [3.63, 3.8) is 0 Å². The van der Waals surface area contributed by atoms with E-state index in [4.69, 9.17) is 29.6 Å². The molecule has 1 rings (SSSR count). The first-order valence-electron chi connectivity index (χ1n) is 5.19. The molecule has 0 aliphatic heterocycles. The maximum absolute atomic E-state index is 11.1. The third kappa shape index (κ3) is 4.12. The fourth-order valence-electron chi connectivity index (χ4n) is 1.50. The Morgan fingerprint density at radius 3 is 2.61 bits per heavy atom. The number of rotatable bonds is 5. The molecule has 0 heterocycles. The molecule has 1 aromatic carbocycles. The maximum Gasteiger partial charge on any atom is 0.149 e. The van der Waals surface area contributed by atoms with Crippen LogP contribution in [0.2, 0.25) is 5.02 Å². The van der Waals surface area contributed by atoms with Gasteiger partial charge in [0.15, 0.2) is 0 Å². The largest absolute Gasteiger partial charge is 0.389 e. The number of halogens is 1. The Kier molecular flexibility index (Phi) is 4.95. The summed E-state index contributed by atoms with van der Waals surface area (Å²) in [6.07, 6.45) is 1.20. The van der Waals surface area contributed by atoms with Crippen LogP contribution in [0.1, 0.15) is 5.56 Å². The smallest absolute Gasteiger partial charge is 0.149 e. The summed E-state index contributed by atoms with van der Waals surface area (Å²) in [5, 5.41) is 0.464. The van der Waals surface area contributed by atoms with E-state index >= 15 is 0 Å². The summed E-state index contributed by atoms with van der Waals surface area (Å²) in [4.78, 5) is 1.98. The topological polar surface area (TPSA) is 63.4 Å². The van der Waals surface area contributed by atoms with Gasteiger partial charge in [0.2, 0.25) is 0 Å². The van der Waals surface area contributed by atoms with Crippen molar-refractivity contribution in [2.75, 3.05) is 30.5 Å². The van der Waals surface area contributed by atoms with Gasteiger partial charge in [-0.3, -0.25) is 0 Å². The van der Waals surface area contributed by atoms with Gasteiger partial charge < -0.3 is 10.6 Å². The molecule has 0 atom stereocenters. The number of benzene rings is 1. The highest BCUT2D eigenvalue weighted by Gasteiger charge is 2.14. The SMILES string of the molecule is CN(CCS(C)(=O)=O)c1cccc(Cl)c1C(N)=S.